The molecule has 0 spiro atoms. The van der Waals surface area contributed by atoms with E-state index in [2.05, 4.69) is 5.10 Å². The summed E-state index contributed by atoms with van der Waals surface area (Å²) in [5.41, 5.74) is 0.0522. The smallest absolute Gasteiger partial charge is 0.323 e. The van der Waals surface area contributed by atoms with Crippen molar-refractivity contribution in [2.24, 2.45) is 10.9 Å². The maximum Gasteiger partial charge on any atom is 0.416 e. The summed E-state index contributed by atoms with van der Waals surface area (Å²) in [5, 5.41) is 3.33. The normalized spacial score (nSPS) is 13.0. The molecule has 0 fully saturated rings. The van der Waals surface area contributed by atoms with Crippen molar-refractivity contribution in [3.8, 4) is 0 Å². The lowest BCUT2D eigenvalue weighted by molar-refractivity contribution is -0.137. The highest BCUT2D eigenvalue weighted by molar-refractivity contribution is 5.98. The Morgan fingerprint density at radius 2 is 2.00 bits per heavy atom. The van der Waals surface area contributed by atoms with Gasteiger partial charge in [0.15, 0.2) is 0 Å². The molecule has 0 aromatic heterocycles. The monoisotopic (exact) mass is 202 g/mol. The quantitative estimate of drug-likeness (QED) is 0.424. The van der Waals surface area contributed by atoms with Gasteiger partial charge in [0.05, 0.1) is 11.3 Å². The third-order valence-electron chi connectivity index (χ3n) is 1.80. The summed E-state index contributed by atoms with van der Waals surface area (Å²) in [6.45, 7) is 1.55. The topological polar surface area (TPSA) is 38.4 Å². The number of hydrogen-bond acceptors (Lipinski definition) is 2. The zero-order valence-electron chi connectivity index (χ0n) is 7.47. The Morgan fingerprint density at radius 3 is 2.50 bits per heavy atom. The maximum atomic E-state index is 12.3. The number of hydrazone groups is 1. The minimum absolute atomic E-state index is 0.371. The largest absolute Gasteiger partial charge is 0.416 e. The first-order chi connectivity index (χ1) is 6.45. The molecule has 0 saturated carbocycles. The highest BCUT2D eigenvalue weighted by Gasteiger charge is 2.30. The molecule has 14 heavy (non-hydrogen) atoms. The molecule has 0 aliphatic heterocycles. The molecule has 2 nitrogen and oxygen atoms in total. The van der Waals surface area contributed by atoms with Crippen LogP contribution >= 0.6 is 0 Å². The van der Waals surface area contributed by atoms with Crippen LogP contribution in [0, 0.1) is 0 Å². The SMILES string of the molecule is C/C(=N\N)c1cccc(C(F)(F)F)c1. The Morgan fingerprint density at radius 1 is 1.36 bits per heavy atom. The summed E-state index contributed by atoms with van der Waals surface area (Å²) in [6.07, 6.45) is -4.33. The average Bonchev–Trinajstić information content (AvgIpc) is 2.15. The van der Waals surface area contributed by atoms with Crippen LogP contribution in [-0.2, 0) is 6.18 Å². The van der Waals surface area contributed by atoms with E-state index in [-0.39, 0.29) is 0 Å². The molecule has 0 saturated heterocycles. The van der Waals surface area contributed by atoms with Gasteiger partial charge in [-0.25, -0.2) is 0 Å². The molecule has 1 aromatic carbocycles. The molecule has 0 aliphatic rings. The number of alkyl halides is 3. The van der Waals surface area contributed by atoms with Gasteiger partial charge in [-0.1, -0.05) is 12.1 Å². The number of rotatable bonds is 1. The van der Waals surface area contributed by atoms with Crippen molar-refractivity contribution in [1.82, 2.24) is 0 Å². The van der Waals surface area contributed by atoms with E-state index in [4.69, 9.17) is 5.84 Å². The van der Waals surface area contributed by atoms with Gasteiger partial charge in [-0.3, -0.25) is 0 Å². The number of hydrogen-bond donors (Lipinski definition) is 1. The van der Waals surface area contributed by atoms with Gasteiger partial charge in [-0.2, -0.15) is 18.3 Å². The van der Waals surface area contributed by atoms with Crippen LogP contribution in [0.15, 0.2) is 29.4 Å². The summed E-state index contributed by atoms with van der Waals surface area (Å²) in [5.74, 6) is 4.97. The highest BCUT2D eigenvalue weighted by atomic mass is 19.4. The Kier molecular flexibility index (Phi) is 2.78. The van der Waals surface area contributed by atoms with Gasteiger partial charge in [-0.15, -0.1) is 0 Å². The van der Waals surface area contributed by atoms with Crippen molar-refractivity contribution in [2.45, 2.75) is 13.1 Å². The predicted molar refractivity (Wildman–Crippen MR) is 47.8 cm³/mol. The predicted octanol–water partition coefficient (Wildman–Crippen LogP) is 2.39. The molecular formula is C9H9F3N2. The van der Waals surface area contributed by atoms with Crippen molar-refractivity contribution in [3.05, 3.63) is 35.4 Å². The van der Waals surface area contributed by atoms with Gasteiger partial charge in [-0.05, 0) is 24.6 Å². The first-order valence-electron chi connectivity index (χ1n) is 3.87. The zero-order valence-corrected chi connectivity index (χ0v) is 7.47. The maximum absolute atomic E-state index is 12.3. The van der Waals surface area contributed by atoms with E-state index in [9.17, 15) is 13.2 Å². The first kappa shape index (κ1) is 10.6. The van der Waals surface area contributed by atoms with Gasteiger partial charge in [0, 0.05) is 0 Å². The van der Waals surface area contributed by atoms with E-state index >= 15 is 0 Å². The van der Waals surface area contributed by atoms with Crippen LogP contribution in [0.3, 0.4) is 0 Å². The number of halogens is 3. The second-order valence-corrected chi connectivity index (χ2v) is 2.79. The van der Waals surface area contributed by atoms with Crippen LogP contribution in [0.2, 0.25) is 0 Å². The summed E-state index contributed by atoms with van der Waals surface area (Å²) in [4.78, 5) is 0. The second-order valence-electron chi connectivity index (χ2n) is 2.79. The lowest BCUT2D eigenvalue weighted by Crippen LogP contribution is -2.07. The van der Waals surface area contributed by atoms with Crippen molar-refractivity contribution in [3.63, 3.8) is 0 Å². The molecular weight excluding hydrogens is 193 g/mol. The molecule has 76 valence electrons. The summed E-state index contributed by atoms with van der Waals surface area (Å²) >= 11 is 0. The van der Waals surface area contributed by atoms with Crippen molar-refractivity contribution in [2.75, 3.05) is 0 Å². The molecule has 0 atom stereocenters. The standard InChI is InChI=1S/C9H9F3N2/c1-6(14-13)7-3-2-4-8(5-7)9(10,11)12/h2-5H,13H2,1H3/b14-6+. The molecule has 1 rings (SSSR count). The lowest BCUT2D eigenvalue weighted by Gasteiger charge is -2.07. The Hall–Kier alpha value is -1.52. The summed E-state index contributed by atoms with van der Waals surface area (Å²) < 4.78 is 36.8. The van der Waals surface area contributed by atoms with Crippen molar-refractivity contribution < 1.29 is 13.2 Å². The Labute approximate surface area is 79.2 Å². The van der Waals surface area contributed by atoms with Gasteiger partial charge >= 0.3 is 6.18 Å². The second kappa shape index (κ2) is 3.69. The van der Waals surface area contributed by atoms with Gasteiger partial charge in [0.25, 0.3) is 0 Å². The zero-order chi connectivity index (χ0) is 10.8. The molecule has 1 aromatic rings. The van der Waals surface area contributed by atoms with Crippen LogP contribution in [0.25, 0.3) is 0 Å². The fourth-order valence-corrected chi connectivity index (χ4v) is 0.995. The van der Waals surface area contributed by atoms with E-state index in [1.165, 1.54) is 12.1 Å². The minimum atomic E-state index is -4.33. The minimum Gasteiger partial charge on any atom is -0.323 e. The van der Waals surface area contributed by atoms with Crippen LogP contribution in [0.1, 0.15) is 18.1 Å². The first-order valence-corrected chi connectivity index (χ1v) is 3.87. The van der Waals surface area contributed by atoms with Gasteiger partial charge in [0.2, 0.25) is 0 Å². The molecule has 0 bridgehead atoms. The highest BCUT2D eigenvalue weighted by Crippen LogP contribution is 2.29. The average molecular weight is 202 g/mol. The third-order valence-corrected chi connectivity index (χ3v) is 1.80. The molecule has 0 radical (unpaired) electrons. The van der Waals surface area contributed by atoms with E-state index < -0.39 is 11.7 Å². The van der Waals surface area contributed by atoms with E-state index in [1.807, 2.05) is 0 Å². The summed E-state index contributed by atoms with van der Waals surface area (Å²) in [7, 11) is 0. The molecule has 0 aliphatic carbocycles. The third kappa shape index (κ3) is 2.25. The molecule has 0 heterocycles. The fourth-order valence-electron chi connectivity index (χ4n) is 0.995. The Balaban J connectivity index is 3.14. The number of nitrogens with two attached hydrogens (primary N) is 1. The fraction of sp³-hybridized carbons (Fsp3) is 0.222. The molecule has 0 unspecified atom stereocenters. The van der Waals surface area contributed by atoms with Crippen molar-refractivity contribution >= 4 is 5.71 Å². The van der Waals surface area contributed by atoms with E-state index in [1.54, 1.807) is 6.92 Å². The molecule has 5 heteroatoms. The van der Waals surface area contributed by atoms with E-state index in [0.717, 1.165) is 12.1 Å². The van der Waals surface area contributed by atoms with Crippen LogP contribution in [-0.4, -0.2) is 5.71 Å². The van der Waals surface area contributed by atoms with Crippen molar-refractivity contribution in [1.29, 1.82) is 0 Å². The van der Waals surface area contributed by atoms with Crippen LogP contribution in [0.4, 0.5) is 13.2 Å². The lowest BCUT2D eigenvalue weighted by atomic mass is 10.1. The molecule has 0 amide bonds. The number of nitrogens with zero attached hydrogens (tertiary/aromatic N) is 1. The number of benzene rings is 1. The van der Waals surface area contributed by atoms with Gasteiger partial charge in [0.1, 0.15) is 0 Å². The summed E-state index contributed by atoms with van der Waals surface area (Å²) in [6, 6.07) is 4.88. The van der Waals surface area contributed by atoms with Crippen LogP contribution < -0.4 is 5.84 Å². The van der Waals surface area contributed by atoms with Gasteiger partial charge < -0.3 is 5.84 Å². The Bertz CT molecular complexity index is 355. The van der Waals surface area contributed by atoms with E-state index in [0.29, 0.717) is 11.3 Å². The molecule has 2 N–H and O–H groups in total. The van der Waals surface area contributed by atoms with Crippen LogP contribution in [0.5, 0.6) is 0 Å².